The number of allylic oxidation sites excluding steroid dienone is 3. The first-order chi connectivity index (χ1) is 17.1. The minimum absolute atomic E-state index is 0.216. The van der Waals surface area contributed by atoms with Gasteiger partial charge in [-0.2, -0.15) is 0 Å². The van der Waals surface area contributed by atoms with Gasteiger partial charge in [-0.15, -0.1) is 0 Å². The van der Waals surface area contributed by atoms with E-state index in [0.717, 1.165) is 25.9 Å². The Labute approximate surface area is 226 Å². The summed E-state index contributed by atoms with van der Waals surface area (Å²) in [7, 11) is 0. The van der Waals surface area contributed by atoms with Crippen molar-refractivity contribution in [3.05, 3.63) is 82.8 Å². The van der Waals surface area contributed by atoms with Gasteiger partial charge in [0.25, 0.3) is 0 Å². The van der Waals surface area contributed by atoms with Gasteiger partial charge in [-0.05, 0) is 0 Å². The van der Waals surface area contributed by atoms with Crippen molar-refractivity contribution in [2.75, 3.05) is 18.0 Å². The fraction of sp³-hybridized carbons (Fsp3) is 0.276. The molecule has 6 heterocycles. The first-order valence-electron chi connectivity index (χ1n) is 12.1. The zero-order valence-corrected chi connectivity index (χ0v) is 23.9. The quantitative estimate of drug-likeness (QED) is 0.218. The van der Waals surface area contributed by atoms with Crippen molar-refractivity contribution in [2.45, 2.75) is 38.9 Å². The summed E-state index contributed by atoms with van der Waals surface area (Å²) in [6.07, 6.45) is 19.8. The van der Waals surface area contributed by atoms with E-state index in [2.05, 4.69) is 73.1 Å². The van der Waals surface area contributed by atoms with Crippen LogP contribution in [0.4, 0.5) is 10.0 Å². The first kappa shape index (κ1) is 23.4. The second kappa shape index (κ2) is 9.47. The van der Waals surface area contributed by atoms with Crippen LogP contribution in [-0.4, -0.2) is 36.1 Å². The van der Waals surface area contributed by atoms with Crippen LogP contribution >= 0.6 is 22.7 Å². The molecule has 35 heavy (non-hydrogen) atoms. The average Bonchev–Trinajstić information content (AvgIpc) is 3.53. The van der Waals surface area contributed by atoms with E-state index in [9.17, 15) is 0 Å². The Morgan fingerprint density at radius 3 is 2.89 bits per heavy atom. The molecule has 3 nitrogen and oxygen atoms in total. The average molecular weight is 613 g/mol. The molecular formula is C29H29IN2OS2. The summed E-state index contributed by atoms with van der Waals surface area (Å²) in [6.45, 7) is 14.2. The van der Waals surface area contributed by atoms with Crippen molar-refractivity contribution in [3.8, 4) is 0 Å². The maximum absolute atomic E-state index is 6.73. The number of fused-ring (bicyclic) bond motifs is 5. The van der Waals surface area contributed by atoms with Crippen LogP contribution < -0.4 is 26.1 Å². The molecule has 2 unspecified atom stereocenters. The summed E-state index contributed by atoms with van der Waals surface area (Å²) < 4.78 is 12.3. The normalized spacial score (nSPS) is 23.4. The van der Waals surface area contributed by atoms with E-state index >= 15 is 0 Å². The number of thiophene rings is 2. The van der Waals surface area contributed by atoms with E-state index in [4.69, 9.17) is 4.74 Å². The molecule has 0 saturated carbocycles. The molecule has 0 aromatic carbocycles. The Morgan fingerprint density at radius 2 is 2.09 bits per heavy atom. The molecule has 4 aliphatic heterocycles. The van der Waals surface area contributed by atoms with Crippen molar-refractivity contribution in [3.63, 3.8) is 0 Å². The first-order valence-corrected chi connectivity index (χ1v) is 15.9. The van der Waals surface area contributed by atoms with Gasteiger partial charge in [0.1, 0.15) is 0 Å². The molecule has 0 N–H and O–H groups in total. The molecule has 0 saturated heterocycles. The van der Waals surface area contributed by atoms with Crippen LogP contribution in [0.3, 0.4) is 0 Å². The molecule has 0 spiro atoms. The summed E-state index contributed by atoms with van der Waals surface area (Å²) in [5.41, 5.74) is 5.42. The number of ether oxygens (including phenoxy) is 1. The summed E-state index contributed by atoms with van der Waals surface area (Å²) in [5, 5.41) is 2.75. The van der Waals surface area contributed by atoms with E-state index in [1.54, 1.807) is 7.27 Å². The Hall–Kier alpha value is -2.00. The van der Waals surface area contributed by atoms with Gasteiger partial charge in [-0.1, -0.05) is 6.58 Å². The third-order valence-electron chi connectivity index (χ3n) is 6.88. The Bertz CT molecular complexity index is 1380. The number of anilines is 1. The molecule has 6 rings (SSSR count). The van der Waals surface area contributed by atoms with E-state index in [0.29, 0.717) is 0 Å². The van der Waals surface area contributed by atoms with Crippen LogP contribution in [0.2, 0.25) is 0 Å². The topological polar surface area (TPSA) is 15.5 Å². The molecule has 2 aromatic rings. The van der Waals surface area contributed by atoms with E-state index < -0.39 is 0 Å². The van der Waals surface area contributed by atoms with E-state index in [1.165, 1.54) is 42.0 Å². The van der Waals surface area contributed by atoms with Crippen molar-refractivity contribution in [2.24, 2.45) is 0 Å². The molecule has 0 amide bonds. The number of hydrogen-bond acceptors (Lipinski definition) is 4. The predicted octanol–water partition coefficient (Wildman–Crippen LogP) is 4.20. The fourth-order valence-electron chi connectivity index (χ4n) is 5.17. The molecule has 4 aliphatic rings. The molecule has 180 valence electrons. The van der Waals surface area contributed by atoms with Crippen LogP contribution in [0.25, 0.3) is 18.2 Å². The third-order valence-corrected chi connectivity index (χ3v) is 12.9. The van der Waals surface area contributed by atoms with Crippen LogP contribution in [0.1, 0.15) is 40.6 Å². The maximum atomic E-state index is 6.73. The SMILES string of the molecule is C=C/C=C\c1cc([N+]2=CC3=CC4=C5[I-]c6c(sc(C=C)c6/C=C\C)N5CCC4OC3CC2)sc1C. The van der Waals surface area contributed by atoms with Gasteiger partial charge in [-0.25, -0.2) is 0 Å². The van der Waals surface area contributed by atoms with Gasteiger partial charge in [0.15, 0.2) is 0 Å². The monoisotopic (exact) mass is 612 g/mol. The van der Waals surface area contributed by atoms with Crippen molar-refractivity contribution >= 4 is 57.1 Å². The molecular weight excluding hydrogens is 583 g/mol. The summed E-state index contributed by atoms with van der Waals surface area (Å²) in [4.78, 5) is 5.25. The minimum atomic E-state index is -0.242. The molecule has 2 atom stereocenters. The molecule has 6 heteroatoms. The summed E-state index contributed by atoms with van der Waals surface area (Å²) >= 11 is 3.53. The van der Waals surface area contributed by atoms with Gasteiger partial charge < -0.3 is 0 Å². The fourth-order valence-corrected chi connectivity index (χ4v) is 11.6. The Balaban J connectivity index is 1.38. The van der Waals surface area contributed by atoms with Crippen LogP contribution in [-0.2, 0) is 4.74 Å². The Morgan fingerprint density at radius 1 is 1.20 bits per heavy atom. The number of rotatable bonds is 5. The van der Waals surface area contributed by atoms with Gasteiger partial charge in [0.2, 0.25) is 0 Å². The second-order valence-electron chi connectivity index (χ2n) is 9.04. The number of hydrogen-bond donors (Lipinski definition) is 0. The van der Waals surface area contributed by atoms with Gasteiger partial charge in [0.05, 0.1) is 0 Å². The number of aryl methyl sites for hydroxylation is 1. The molecule has 0 bridgehead atoms. The van der Waals surface area contributed by atoms with E-state index in [1.807, 2.05) is 40.9 Å². The van der Waals surface area contributed by atoms with Gasteiger partial charge in [0, 0.05) is 0 Å². The molecule has 0 aliphatic carbocycles. The predicted molar refractivity (Wildman–Crippen MR) is 147 cm³/mol. The van der Waals surface area contributed by atoms with Crippen molar-refractivity contribution < 1.29 is 30.5 Å². The van der Waals surface area contributed by atoms with Crippen LogP contribution in [0.15, 0.2) is 58.4 Å². The van der Waals surface area contributed by atoms with Crippen molar-refractivity contribution in [1.29, 1.82) is 0 Å². The molecule has 0 radical (unpaired) electrons. The molecule has 0 fully saturated rings. The molecule has 2 aromatic heterocycles. The standard InChI is InChI=1S/C29H29IN2OS2/c1-5-8-10-19-16-26(34-18(19)4)31-13-11-23-20(17-31)15-22-24(33-23)12-14-32-28(22)30-27-21(9-6-2)25(7-3)35-29(27)32/h5-10,15-17,23-24H,1,3,11-14H2,2,4H3/b9-6-,10-8-. The summed E-state index contributed by atoms with van der Waals surface area (Å²) in [6, 6.07) is 2.30. The Kier molecular flexibility index (Phi) is 6.33. The van der Waals surface area contributed by atoms with Gasteiger partial charge in [-0.3, -0.25) is 0 Å². The van der Waals surface area contributed by atoms with Crippen LogP contribution in [0.5, 0.6) is 0 Å². The van der Waals surface area contributed by atoms with Crippen LogP contribution in [0, 0.1) is 10.5 Å². The number of halogens is 1. The van der Waals surface area contributed by atoms with E-state index in [-0.39, 0.29) is 33.4 Å². The van der Waals surface area contributed by atoms with Crippen molar-refractivity contribution in [1.82, 2.24) is 0 Å². The number of nitrogens with zero attached hydrogens (tertiary/aromatic N) is 2. The third kappa shape index (κ3) is 3.99. The zero-order chi connectivity index (χ0) is 24.1. The second-order valence-corrected chi connectivity index (χ2v) is 13.9. The van der Waals surface area contributed by atoms with Gasteiger partial charge >= 0.3 is 221 Å². The zero-order valence-electron chi connectivity index (χ0n) is 20.1. The summed E-state index contributed by atoms with van der Waals surface area (Å²) in [5.74, 6) is 0.